The van der Waals surface area contributed by atoms with Crippen LogP contribution in [0.1, 0.15) is 37.9 Å². The molecule has 26 heavy (non-hydrogen) atoms. The van der Waals surface area contributed by atoms with Crippen molar-refractivity contribution in [3.05, 3.63) is 10.6 Å². The molecule has 3 rings (SSSR count). The Hall–Kier alpha value is -1.26. The quantitative estimate of drug-likeness (QED) is 0.535. The maximum Gasteiger partial charge on any atom is 0.309 e. The Morgan fingerprint density at radius 1 is 1.35 bits per heavy atom. The Kier molecular flexibility index (Phi) is 5.83. The number of carbonyl (C=O) groups is 1. The summed E-state index contributed by atoms with van der Waals surface area (Å²) >= 11 is 5.50. The van der Waals surface area contributed by atoms with Gasteiger partial charge in [0.2, 0.25) is 4.77 Å². The zero-order valence-corrected chi connectivity index (χ0v) is 16.9. The molecule has 0 aliphatic carbocycles. The molecular weight excluding hydrogens is 376 g/mol. The van der Waals surface area contributed by atoms with Crippen molar-refractivity contribution in [2.24, 2.45) is 13.0 Å². The van der Waals surface area contributed by atoms with Crippen LogP contribution in [0.15, 0.2) is 0 Å². The number of hydrogen-bond donors (Lipinski definition) is 1. The SMILES string of the molecule is CCOC(=O)C1CC[NH+](Cn2nc([C@@H]3CCS(=O)(=O)C3)n(C)c2=S)CC1. The van der Waals surface area contributed by atoms with Crippen LogP contribution in [0.2, 0.25) is 0 Å². The summed E-state index contributed by atoms with van der Waals surface area (Å²) in [6.45, 7) is 4.63. The molecule has 2 fully saturated rings. The molecule has 0 saturated carbocycles. The fourth-order valence-corrected chi connectivity index (χ4v) is 5.79. The molecule has 1 atom stereocenters. The van der Waals surface area contributed by atoms with Gasteiger partial charge in [0.05, 0.1) is 37.1 Å². The number of esters is 1. The van der Waals surface area contributed by atoms with Gasteiger partial charge in [-0.15, -0.1) is 0 Å². The topological polar surface area (TPSA) is 87.6 Å². The summed E-state index contributed by atoms with van der Waals surface area (Å²) in [5.41, 5.74) is 0. The summed E-state index contributed by atoms with van der Waals surface area (Å²) in [5, 5.41) is 4.63. The number of ether oxygens (including phenoxy) is 1. The number of piperidine rings is 1. The highest BCUT2D eigenvalue weighted by atomic mass is 32.2. The number of likely N-dealkylation sites (tertiary alicyclic amines) is 1. The van der Waals surface area contributed by atoms with E-state index in [9.17, 15) is 13.2 Å². The zero-order chi connectivity index (χ0) is 18.9. The lowest BCUT2D eigenvalue weighted by Gasteiger charge is -2.27. The normalized spacial score (nSPS) is 28.2. The molecule has 8 nitrogen and oxygen atoms in total. The Bertz CT molecular complexity index is 822. The van der Waals surface area contributed by atoms with Crippen LogP contribution in [-0.4, -0.2) is 59.9 Å². The molecular formula is C16H27N4O4S2+. The van der Waals surface area contributed by atoms with Crippen molar-refractivity contribution < 1.29 is 22.8 Å². The molecule has 2 aliphatic heterocycles. The molecule has 1 N–H and O–H groups in total. The van der Waals surface area contributed by atoms with E-state index in [0.717, 1.165) is 31.8 Å². The summed E-state index contributed by atoms with van der Waals surface area (Å²) < 4.78 is 32.9. The van der Waals surface area contributed by atoms with Crippen molar-refractivity contribution in [2.75, 3.05) is 31.2 Å². The van der Waals surface area contributed by atoms with Gasteiger partial charge in [0.1, 0.15) is 5.82 Å². The van der Waals surface area contributed by atoms with Crippen molar-refractivity contribution in [1.82, 2.24) is 14.3 Å². The summed E-state index contributed by atoms with van der Waals surface area (Å²) in [7, 11) is -1.10. The summed E-state index contributed by atoms with van der Waals surface area (Å²) in [5.74, 6) is 0.976. The maximum atomic E-state index is 11.8. The molecule has 1 aromatic heterocycles. The smallest absolute Gasteiger partial charge is 0.309 e. The number of quaternary nitrogens is 1. The molecule has 0 bridgehead atoms. The highest BCUT2D eigenvalue weighted by Crippen LogP contribution is 2.27. The lowest BCUT2D eigenvalue weighted by Crippen LogP contribution is -3.12. The average Bonchev–Trinajstić information content (AvgIpc) is 3.09. The first-order valence-electron chi connectivity index (χ1n) is 9.15. The molecule has 2 saturated heterocycles. The first-order chi connectivity index (χ1) is 12.3. The lowest BCUT2D eigenvalue weighted by molar-refractivity contribution is -0.929. The molecule has 2 aliphatic rings. The highest BCUT2D eigenvalue weighted by Gasteiger charge is 2.33. The minimum Gasteiger partial charge on any atom is -0.466 e. The fourth-order valence-electron chi connectivity index (χ4n) is 3.85. The molecule has 0 unspecified atom stereocenters. The van der Waals surface area contributed by atoms with Crippen molar-refractivity contribution in [1.29, 1.82) is 0 Å². The Balaban J connectivity index is 1.64. The minimum atomic E-state index is -2.96. The van der Waals surface area contributed by atoms with Crippen LogP contribution in [0.5, 0.6) is 0 Å². The number of rotatable bonds is 5. The molecule has 0 amide bonds. The van der Waals surface area contributed by atoms with Gasteiger partial charge in [-0.05, 0) is 25.6 Å². The Morgan fingerprint density at radius 2 is 2.04 bits per heavy atom. The van der Waals surface area contributed by atoms with Gasteiger partial charge in [0.15, 0.2) is 16.5 Å². The number of carbonyl (C=O) groups excluding carboxylic acids is 1. The second kappa shape index (κ2) is 7.77. The van der Waals surface area contributed by atoms with Crippen LogP contribution >= 0.6 is 12.2 Å². The van der Waals surface area contributed by atoms with Gasteiger partial charge in [0.25, 0.3) is 0 Å². The number of sulfone groups is 1. The number of aromatic nitrogens is 3. The van der Waals surface area contributed by atoms with E-state index in [2.05, 4.69) is 5.10 Å². The zero-order valence-electron chi connectivity index (χ0n) is 15.3. The predicted octanol–water partition coefficient (Wildman–Crippen LogP) is -0.331. The maximum absolute atomic E-state index is 11.8. The summed E-state index contributed by atoms with van der Waals surface area (Å²) in [4.78, 5) is 13.2. The van der Waals surface area contributed by atoms with E-state index in [1.165, 1.54) is 4.90 Å². The van der Waals surface area contributed by atoms with E-state index in [1.54, 1.807) is 4.68 Å². The molecule has 0 spiro atoms. The third-order valence-corrected chi connectivity index (χ3v) is 7.61. The van der Waals surface area contributed by atoms with E-state index < -0.39 is 9.84 Å². The monoisotopic (exact) mass is 403 g/mol. The van der Waals surface area contributed by atoms with Crippen molar-refractivity contribution in [3.63, 3.8) is 0 Å². The van der Waals surface area contributed by atoms with E-state index in [1.807, 2.05) is 18.5 Å². The molecule has 10 heteroatoms. The lowest BCUT2D eigenvalue weighted by atomic mass is 9.97. The number of nitrogens with one attached hydrogen (secondary N) is 1. The van der Waals surface area contributed by atoms with E-state index in [-0.39, 0.29) is 29.3 Å². The first kappa shape index (κ1) is 19.5. The first-order valence-corrected chi connectivity index (χ1v) is 11.4. The van der Waals surface area contributed by atoms with Gasteiger partial charge in [-0.25, -0.2) is 8.42 Å². The number of nitrogens with zero attached hydrogens (tertiary/aromatic N) is 3. The second-order valence-corrected chi connectivity index (χ2v) is 9.83. The van der Waals surface area contributed by atoms with E-state index in [4.69, 9.17) is 17.0 Å². The third-order valence-electron chi connectivity index (χ3n) is 5.36. The predicted molar refractivity (Wildman–Crippen MR) is 98.1 cm³/mol. The summed E-state index contributed by atoms with van der Waals surface area (Å²) in [6.07, 6.45) is 2.23. The third kappa shape index (κ3) is 4.17. The average molecular weight is 404 g/mol. The van der Waals surface area contributed by atoms with Crippen LogP contribution in [0.25, 0.3) is 0 Å². The Labute approximate surface area is 159 Å². The van der Waals surface area contributed by atoms with Crippen molar-refractivity contribution in [3.8, 4) is 0 Å². The Morgan fingerprint density at radius 3 is 2.62 bits per heavy atom. The molecule has 0 radical (unpaired) electrons. The minimum absolute atomic E-state index is 0.00494. The second-order valence-electron chi connectivity index (χ2n) is 7.23. The van der Waals surface area contributed by atoms with Crippen LogP contribution < -0.4 is 4.90 Å². The largest absolute Gasteiger partial charge is 0.466 e. The van der Waals surface area contributed by atoms with Gasteiger partial charge in [-0.1, -0.05) is 0 Å². The van der Waals surface area contributed by atoms with E-state index in [0.29, 0.717) is 24.5 Å². The van der Waals surface area contributed by atoms with Gasteiger partial charge in [-0.3, -0.25) is 4.79 Å². The number of hydrogen-bond acceptors (Lipinski definition) is 6. The van der Waals surface area contributed by atoms with Crippen LogP contribution in [0.3, 0.4) is 0 Å². The molecule has 1 aromatic rings. The van der Waals surface area contributed by atoms with Gasteiger partial charge < -0.3 is 14.2 Å². The van der Waals surface area contributed by atoms with Crippen molar-refractivity contribution in [2.45, 2.75) is 38.8 Å². The summed E-state index contributed by atoms with van der Waals surface area (Å²) in [6, 6.07) is 0. The van der Waals surface area contributed by atoms with Gasteiger partial charge >= 0.3 is 5.97 Å². The highest BCUT2D eigenvalue weighted by molar-refractivity contribution is 7.91. The van der Waals surface area contributed by atoms with Crippen LogP contribution in [0.4, 0.5) is 0 Å². The van der Waals surface area contributed by atoms with Crippen LogP contribution in [0, 0.1) is 10.7 Å². The molecule has 0 aromatic carbocycles. The van der Waals surface area contributed by atoms with Crippen molar-refractivity contribution >= 4 is 28.0 Å². The molecule has 3 heterocycles. The van der Waals surface area contributed by atoms with Gasteiger partial charge in [0, 0.05) is 25.8 Å². The molecule has 146 valence electrons. The standard InChI is InChI=1S/C16H26N4O4S2/c1-3-24-15(21)12-4-7-19(8-5-12)11-20-16(25)18(2)14(17-20)13-6-9-26(22,23)10-13/h12-13H,3-11H2,1-2H3/p+1/t13-/m1/s1. The van der Waals surface area contributed by atoms with E-state index >= 15 is 0 Å². The fraction of sp³-hybridized carbons (Fsp3) is 0.812. The van der Waals surface area contributed by atoms with Crippen LogP contribution in [-0.2, 0) is 33.1 Å². The van der Waals surface area contributed by atoms with Gasteiger partial charge in [-0.2, -0.15) is 9.78 Å².